The second kappa shape index (κ2) is 6.90. The van der Waals surface area contributed by atoms with E-state index in [1.165, 1.54) is 0 Å². The molecule has 1 aliphatic heterocycles. The van der Waals surface area contributed by atoms with Crippen molar-refractivity contribution in [3.63, 3.8) is 0 Å². The fourth-order valence-electron chi connectivity index (χ4n) is 4.59. The molecular weight excluding hydrogens is 384 g/mol. The van der Waals surface area contributed by atoms with Crippen LogP contribution in [0, 0.1) is 17.8 Å². The van der Waals surface area contributed by atoms with E-state index in [1.807, 2.05) is 0 Å². The molecular formula is C24H22O6. The molecule has 30 heavy (non-hydrogen) atoms. The fraction of sp³-hybridized carbons (Fsp3) is 0.333. The smallest absolute Gasteiger partial charge is 0.349 e. The third-order valence-electron chi connectivity index (χ3n) is 6.19. The predicted molar refractivity (Wildman–Crippen MR) is 107 cm³/mol. The van der Waals surface area contributed by atoms with E-state index in [1.54, 1.807) is 56.5 Å². The van der Waals surface area contributed by atoms with Crippen molar-refractivity contribution in [3.8, 4) is 17.2 Å². The van der Waals surface area contributed by atoms with Crippen LogP contribution in [-0.2, 0) is 15.3 Å². The largest absolute Gasteiger partial charge is 0.497 e. The van der Waals surface area contributed by atoms with Gasteiger partial charge in [0.2, 0.25) is 0 Å². The molecule has 2 aromatic carbocycles. The van der Waals surface area contributed by atoms with Gasteiger partial charge in [-0.15, -0.1) is 0 Å². The third-order valence-corrected chi connectivity index (χ3v) is 6.19. The molecule has 6 heteroatoms. The molecule has 0 saturated heterocycles. The Hall–Kier alpha value is -3.28. The lowest BCUT2D eigenvalue weighted by Gasteiger charge is -2.35. The molecule has 0 N–H and O–H groups in total. The number of ether oxygens (including phenoxy) is 4. The molecule has 4 unspecified atom stereocenters. The van der Waals surface area contributed by atoms with Crippen molar-refractivity contribution in [1.82, 2.24) is 0 Å². The van der Waals surface area contributed by atoms with Crippen LogP contribution in [0.1, 0.15) is 35.7 Å². The number of benzene rings is 2. The van der Waals surface area contributed by atoms with Crippen LogP contribution in [0.25, 0.3) is 0 Å². The molecule has 0 radical (unpaired) electrons. The number of methoxy groups -OCH3 is 1. The molecule has 5 rings (SSSR count). The summed E-state index contributed by atoms with van der Waals surface area (Å²) in [6, 6.07) is 12.1. The van der Waals surface area contributed by atoms with E-state index < -0.39 is 11.8 Å². The Morgan fingerprint density at radius 1 is 1.07 bits per heavy atom. The summed E-state index contributed by atoms with van der Waals surface area (Å²) in [6.45, 7) is 1.68. The average molecular weight is 406 g/mol. The van der Waals surface area contributed by atoms with Gasteiger partial charge < -0.3 is 18.9 Å². The predicted octanol–water partition coefficient (Wildman–Crippen LogP) is 4.23. The number of rotatable bonds is 4. The number of hydrogen-bond donors (Lipinski definition) is 0. The van der Waals surface area contributed by atoms with Gasteiger partial charge in [-0.1, -0.05) is 18.2 Å². The van der Waals surface area contributed by atoms with Gasteiger partial charge >= 0.3 is 11.9 Å². The van der Waals surface area contributed by atoms with E-state index in [2.05, 4.69) is 12.2 Å². The first-order valence-corrected chi connectivity index (χ1v) is 10.1. The number of hydrogen-bond acceptors (Lipinski definition) is 6. The molecule has 1 heterocycles. The summed E-state index contributed by atoms with van der Waals surface area (Å²) < 4.78 is 22.5. The topological polar surface area (TPSA) is 71.1 Å². The molecule has 3 aliphatic rings. The molecule has 0 spiro atoms. The molecule has 2 bridgehead atoms. The summed E-state index contributed by atoms with van der Waals surface area (Å²) in [5, 5.41) is 0. The minimum absolute atomic E-state index is 0.135. The number of fused-ring (bicyclic) bond motifs is 3. The van der Waals surface area contributed by atoms with Crippen molar-refractivity contribution < 1.29 is 28.5 Å². The monoisotopic (exact) mass is 406 g/mol. The Morgan fingerprint density at radius 2 is 1.87 bits per heavy atom. The summed E-state index contributed by atoms with van der Waals surface area (Å²) in [4.78, 5) is 25.7. The van der Waals surface area contributed by atoms with E-state index in [4.69, 9.17) is 18.9 Å². The maximum atomic E-state index is 12.9. The van der Waals surface area contributed by atoms with Crippen LogP contribution in [-0.4, -0.2) is 19.0 Å². The summed E-state index contributed by atoms with van der Waals surface area (Å²) in [7, 11) is 1.58. The highest BCUT2D eigenvalue weighted by atomic mass is 16.7. The summed E-state index contributed by atoms with van der Waals surface area (Å²) in [6.07, 6.45) is 6.06. The second-order valence-electron chi connectivity index (χ2n) is 8.10. The Morgan fingerprint density at radius 3 is 2.53 bits per heavy atom. The van der Waals surface area contributed by atoms with Gasteiger partial charge in [0.15, 0.2) is 0 Å². The molecule has 0 amide bonds. The molecule has 1 fully saturated rings. The SMILES string of the molecule is COc1ccc(C2(C)OC(=O)c3c(OC(=O)C4CC5C=CC4C5)cccc3O2)cc1. The number of cyclic esters (lactones) is 1. The van der Waals surface area contributed by atoms with Crippen molar-refractivity contribution in [2.45, 2.75) is 25.6 Å². The lowest BCUT2D eigenvalue weighted by Crippen LogP contribution is -2.39. The van der Waals surface area contributed by atoms with E-state index in [0.29, 0.717) is 23.0 Å². The van der Waals surface area contributed by atoms with E-state index in [0.717, 1.165) is 12.8 Å². The lowest BCUT2D eigenvalue weighted by atomic mass is 9.94. The van der Waals surface area contributed by atoms with Crippen LogP contribution in [0.4, 0.5) is 0 Å². The zero-order valence-electron chi connectivity index (χ0n) is 16.8. The van der Waals surface area contributed by atoms with Gasteiger partial charge in [-0.05, 0) is 61.1 Å². The minimum atomic E-state index is -1.30. The van der Waals surface area contributed by atoms with E-state index >= 15 is 0 Å². The number of carbonyl (C=O) groups is 2. The van der Waals surface area contributed by atoms with Gasteiger partial charge in [0, 0.05) is 12.5 Å². The fourth-order valence-corrected chi connectivity index (χ4v) is 4.59. The standard InChI is InChI=1S/C24H22O6/c1-24(16-8-10-17(27-2)11-9-16)29-20-5-3-4-19(21(20)23(26)30-24)28-22(25)18-13-14-6-7-15(18)12-14/h3-11,14-15,18H,12-13H2,1-2H3. The summed E-state index contributed by atoms with van der Waals surface area (Å²) in [5.74, 6) is -0.500. The van der Waals surface area contributed by atoms with Crippen LogP contribution < -0.4 is 14.2 Å². The highest BCUT2D eigenvalue weighted by molar-refractivity contribution is 5.97. The van der Waals surface area contributed by atoms with Gasteiger partial charge in [0.1, 0.15) is 22.8 Å². The first kappa shape index (κ1) is 18.7. The van der Waals surface area contributed by atoms with Crippen molar-refractivity contribution in [1.29, 1.82) is 0 Å². The molecule has 0 aromatic heterocycles. The Bertz CT molecular complexity index is 1040. The molecule has 1 saturated carbocycles. The van der Waals surface area contributed by atoms with Crippen molar-refractivity contribution in [2.75, 3.05) is 7.11 Å². The van der Waals surface area contributed by atoms with Crippen LogP contribution in [0.15, 0.2) is 54.6 Å². The lowest BCUT2D eigenvalue weighted by molar-refractivity contribution is -0.149. The number of carbonyl (C=O) groups excluding carboxylic acids is 2. The molecule has 2 aliphatic carbocycles. The van der Waals surface area contributed by atoms with Gasteiger partial charge in [-0.3, -0.25) is 4.79 Å². The highest BCUT2D eigenvalue weighted by Crippen LogP contribution is 2.45. The molecule has 2 aromatic rings. The van der Waals surface area contributed by atoms with Gasteiger partial charge in [-0.2, -0.15) is 0 Å². The zero-order valence-corrected chi connectivity index (χ0v) is 16.8. The number of allylic oxidation sites excluding steroid dienone is 2. The normalized spacial score (nSPS) is 28.5. The Balaban J connectivity index is 1.41. The molecule has 6 nitrogen and oxygen atoms in total. The quantitative estimate of drug-likeness (QED) is 0.430. The maximum absolute atomic E-state index is 12.9. The number of esters is 2. The van der Waals surface area contributed by atoms with Crippen LogP contribution >= 0.6 is 0 Å². The molecule has 4 atom stereocenters. The van der Waals surface area contributed by atoms with Gasteiger partial charge in [0.25, 0.3) is 5.79 Å². The van der Waals surface area contributed by atoms with Crippen LogP contribution in [0.5, 0.6) is 17.2 Å². The molecule has 154 valence electrons. The average Bonchev–Trinajstić information content (AvgIpc) is 3.37. The van der Waals surface area contributed by atoms with Gasteiger partial charge in [0.05, 0.1) is 13.0 Å². The van der Waals surface area contributed by atoms with E-state index in [-0.39, 0.29) is 29.1 Å². The first-order valence-electron chi connectivity index (χ1n) is 10.1. The minimum Gasteiger partial charge on any atom is -0.497 e. The van der Waals surface area contributed by atoms with E-state index in [9.17, 15) is 9.59 Å². The van der Waals surface area contributed by atoms with Crippen molar-refractivity contribution in [3.05, 3.63) is 65.7 Å². The van der Waals surface area contributed by atoms with Crippen LogP contribution in [0.2, 0.25) is 0 Å². The summed E-state index contributed by atoms with van der Waals surface area (Å²) in [5.41, 5.74) is 0.800. The zero-order chi connectivity index (χ0) is 20.9. The van der Waals surface area contributed by atoms with Gasteiger partial charge in [-0.25, -0.2) is 4.79 Å². The Kier molecular flexibility index (Phi) is 4.31. The maximum Gasteiger partial charge on any atom is 0.349 e. The third kappa shape index (κ3) is 3.03. The van der Waals surface area contributed by atoms with Crippen LogP contribution in [0.3, 0.4) is 0 Å². The summed E-state index contributed by atoms with van der Waals surface area (Å²) >= 11 is 0. The highest BCUT2D eigenvalue weighted by Gasteiger charge is 2.44. The van der Waals surface area contributed by atoms with Crippen molar-refractivity contribution in [2.24, 2.45) is 17.8 Å². The first-order chi connectivity index (χ1) is 14.5. The van der Waals surface area contributed by atoms with Crippen molar-refractivity contribution >= 4 is 11.9 Å². The Labute approximate surface area is 174 Å². The second-order valence-corrected chi connectivity index (χ2v) is 8.10.